The molecule has 0 amide bonds. The van der Waals surface area contributed by atoms with Gasteiger partial charge in [-0.25, -0.2) is 0 Å². The SMILES string of the molecule is CC1(C)[C@H]2CC[C@](O)(C2)[C@H]1N. The molecule has 3 N–H and O–H groups in total. The van der Waals surface area contributed by atoms with E-state index in [1.165, 1.54) is 0 Å². The van der Waals surface area contributed by atoms with Gasteiger partial charge in [0.25, 0.3) is 0 Å². The Hall–Kier alpha value is -0.0800. The van der Waals surface area contributed by atoms with Crippen LogP contribution < -0.4 is 5.73 Å². The molecular formula is C9H17NO. The van der Waals surface area contributed by atoms with E-state index in [-0.39, 0.29) is 11.5 Å². The van der Waals surface area contributed by atoms with Crippen molar-refractivity contribution in [1.29, 1.82) is 0 Å². The monoisotopic (exact) mass is 155 g/mol. The van der Waals surface area contributed by atoms with Crippen molar-refractivity contribution in [2.24, 2.45) is 17.1 Å². The van der Waals surface area contributed by atoms with Gasteiger partial charge >= 0.3 is 0 Å². The Morgan fingerprint density at radius 1 is 1.45 bits per heavy atom. The van der Waals surface area contributed by atoms with E-state index in [1.807, 2.05) is 0 Å². The van der Waals surface area contributed by atoms with Crippen molar-refractivity contribution in [2.75, 3.05) is 0 Å². The lowest BCUT2D eigenvalue weighted by Crippen LogP contribution is -2.51. The zero-order valence-corrected chi connectivity index (χ0v) is 7.30. The van der Waals surface area contributed by atoms with Gasteiger partial charge in [-0.2, -0.15) is 0 Å². The molecule has 0 aliphatic heterocycles. The van der Waals surface area contributed by atoms with Crippen LogP contribution in [-0.2, 0) is 0 Å². The summed E-state index contributed by atoms with van der Waals surface area (Å²) in [5.41, 5.74) is 5.62. The Morgan fingerprint density at radius 2 is 2.09 bits per heavy atom. The minimum Gasteiger partial charge on any atom is -0.388 e. The fourth-order valence-electron chi connectivity index (χ4n) is 2.92. The number of aliphatic hydroxyl groups is 1. The van der Waals surface area contributed by atoms with Gasteiger partial charge in [0, 0.05) is 6.04 Å². The van der Waals surface area contributed by atoms with Gasteiger partial charge in [0.15, 0.2) is 0 Å². The molecule has 0 aromatic heterocycles. The Morgan fingerprint density at radius 3 is 2.36 bits per heavy atom. The van der Waals surface area contributed by atoms with E-state index in [9.17, 15) is 5.11 Å². The molecule has 0 spiro atoms. The topological polar surface area (TPSA) is 46.2 Å². The molecule has 2 heteroatoms. The molecule has 64 valence electrons. The summed E-state index contributed by atoms with van der Waals surface area (Å²) in [7, 11) is 0. The smallest absolute Gasteiger partial charge is 0.0806 e. The lowest BCUT2D eigenvalue weighted by Gasteiger charge is -2.38. The van der Waals surface area contributed by atoms with Crippen LogP contribution in [0.25, 0.3) is 0 Å². The molecule has 2 rings (SSSR count). The molecule has 2 fully saturated rings. The van der Waals surface area contributed by atoms with Crippen molar-refractivity contribution >= 4 is 0 Å². The summed E-state index contributed by atoms with van der Waals surface area (Å²) in [5, 5.41) is 10.0. The quantitative estimate of drug-likeness (QED) is 0.545. The third-order valence-corrected chi connectivity index (χ3v) is 3.96. The fraction of sp³-hybridized carbons (Fsp3) is 1.00. The normalized spacial score (nSPS) is 53.5. The standard InChI is InChI=1S/C9H17NO/c1-8(2)6-3-4-9(11,5-6)7(8)10/h6-7,11H,3-5,10H2,1-2H3/t6-,7-,9-/m0/s1. The molecule has 0 radical (unpaired) electrons. The molecule has 2 aliphatic carbocycles. The highest BCUT2D eigenvalue weighted by Crippen LogP contribution is 2.56. The average Bonchev–Trinajstić information content (AvgIpc) is 2.36. The molecule has 2 saturated carbocycles. The lowest BCUT2D eigenvalue weighted by molar-refractivity contribution is 0.00450. The summed E-state index contributed by atoms with van der Waals surface area (Å²) < 4.78 is 0. The average molecular weight is 155 g/mol. The number of hydrogen-bond acceptors (Lipinski definition) is 2. The highest BCUT2D eigenvalue weighted by molar-refractivity contribution is 5.13. The Kier molecular flexibility index (Phi) is 1.24. The van der Waals surface area contributed by atoms with Crippen LogP contribution in [-0.4, -0.2) is 16.7 Å². The summed E-state index contributed by atoms with van der Waals surface area (Å²) in [6.45, 7) is 4.36. The fourth-order valence-corrected chi connectivity index (χ4v) is 2.92. The molecule has 0 saturated heterocycles. The predicted octanol–water partition coefficient (Wildman–Crippen LogP) is 0.885. The Labute approximate surface area is 67.8 Å². The van der Waals surface area contributed by atoms with Crippen LogP contribution in [0.15, 0.2) is 0 Å². The molecule has 0 aromatic carbocycles. The van der Waals surface area contributed by atoms with E-state index >= 15 is 0 Å². The third-order valence-electron chi connectivity index (χ3n) is 3.96. The van der Waals surface area contributed by atoms with Gasteiger partial charge < -0.3 is 10.8 Å². The van der Waals surface area contributed by atoms with Gasteiger partial charge in [-0.1, -0.05) is 13.8 Å². The second kappa shape index (κ2) is 1.80. The zero-order valence-electron chi connectivity index (χ0n) is 7.30. The van der Waals surface area contributed by atoms with E-state index in [2.05, 4.69) is 13.8 Å². The first kappa shape index (κ1) is 7.56. The van der Waals surface area contributed by atoms with Crippen molar-refractivity contribution in [3.8, 4) is 0 Å². The number of fused-ring (bicyclic) bond motifs is 2. The number of nitrogens with two attached hydrogens (primary N) is 1. The predicted molar refractivity (Wildman–Crippen MR) is 44.0 cm³/mol. The Bertz CT molecular complexity index is 185. The third kappa shape index (κ3) is 0.744. The Balaban J connectivity index is 2.34. The summed E-state index contributed by atoms with van der Waals surface area (Å²) >= 11 is 0. The number of hydrogen-bond donors (Lipinski definition) is 2. The molecular weight excluding hydrogens is 138 g/mol. The second-order valence-corrected chi connectivity index (χ2v) is 4.84. The first-order valence-corrected chi connectivity index (χ1v) is 4.45. The first-order chi connectivity index (χ1) is 4.97. The minimum atomic E-state index is -0.520. The molecule has 0 heterocycles. The first-order valence-electron chi connectivity index (χ1n) is 4.45. The highest BCUT2D eigenvalue weighted by Gasteiger charge is 2.59. The van der Waals surface area contributed by atoms with E-state index in [0.29, 0.717) is 5.92 Å². The van der Waals surface area contributed by atoms with Gasteiger partial charge in [-0.05, 0) is 30.6 Å². The lowest BCUT2D eigenvalue weighted by atomic mass is 9.72. The minimum absolute atomic E-state index is 0.00579. The molecule has 0 aromatic rings. The van der Waals surface area contributed by atoms with Gasteiger partial charge in [0.1, 0.15) is 0 Å². The van der Waals surface area contributed by atoms with E-state index < -0.39 is 5.60 Å². The van der Waals surface area contributed by atoms with Crippen LogP contribution in [0.1, 0.15) is 33.1 Å². The summed E-state index contributed by atoms with van der Waals surface area (Å²) in [4.78, 5) is 0. The van der Waals surface area contributed by atoms with Crippen LogP contribution in [0, 0.1) is 11.3 Å². The summed E-state index contributed by atoms with van der Waals surface area (Å²) in [6, 6.07) is -0.00579. The molecule has 2 bridgehead atoms. The van der Waals surface area contributed by atoms with Crippen LogP contribution in [0.4, 0.5) is 0 Å². The van der Waals surface area contributed by atoms with Crippen molar-refractivity contribution in [3.63, 3.8) is 0 Å². The molecule has 11 heavy (non-hydrogen) atoms. The summed E-state index contributed by atoms with van der Waals surface area (Å²) in [5.74, 6) is 0.655. The van der Waals surface area contributed by atoms with Crippen molar-refractivity contribution in [3.05, 3.63) is 0 Å². The van der Waals surface area contributed by atoms with E-state index in [1.54, 1.807) is 0 Å². The van der Waals surface area contributed by atoms with Crippen LogP contribution in [0.5, 0.6) is 0 Å². The maximum absolute atomic E-state index is 10.0. The molecule has 2 aliphatic rings. The number of rotatable bonds is 0. The van der Waals surface area contributed by atoms with E-state index in [0.717, 1.165) is 19.3 Å². The van der Waals surface area contributed by atoms with E-state index in [4.69, 9.17) is 5.73 Å². The van der Waals surface area contributed by atoms with Gasteiger partial charge in [0.2, 0.25) is 0 Å². The van der Waals surface area contributed by atoms with Gasteiger partial charge in [-0.15, -0.1) is 0 Å². The van der Waals surface area contributed by atoms with Crippen molar-refractivity contribution < 1.29 is 5.11 Å². The molecule has 3 atom stereocenters. The largest absolute Gasteiger partial charge is 0.388 e. The van der Waals surface area contributed by atoms with Crippen LogP contribution in [0.2, 0.25) is 0 Å². The van der Waals surface area contributed by atoms with Crippen molar-refractivity contribution in [1.82, 2.24) is 0 Å². The van der Waals surface area contributed by atoms with Gasteiger partial charge in [-0.3, -0.25) is 0 Å². The van der Waals surface area contributed by atoms with Crippen molar-refractivity contribution in [2.45, 2.75) is 44.8 Å². The molecule has 0 unspecified atom stereocenters. The maximum atomic E-state index is 10.0. The summed E-state index contributed by atoms with van der Waals surface area (Å²) in [6.07, 6.45) is 3.01. The zero-order chi connectivity index (χ0) is 8.28. The van der Waals surface area contributed by atoms with Crippen LogP contribution in [0.3, 0.4) is 0 Å². The second-order valence-electron chi connectivity index (χ2n) is 4.84. The maximum Gasteiger partial charge on any atom is 0.0806 e. The highest BCUT2D eigenvalue weighted by atomic mass is 16.3. The van der Waals surface area contributed by atoms with Gasteiger partial charge in [0.05, 0.1) is 5.60 Å². The molecule has 2 nitrogen and oxygen atoms in total. The van der Waals surface area contributed by atoms with Crippen LogP contribution >= 0.6 is 0 Å².